The standard InChI is InChI=1S/C16H17BrN2O/c1-2-11-6-3-4-7-12(11)10-19-16(20)13-8-5-9-14(18)15(13)17/h3-9H,2,10,18H2,1H3,(H,19,20). The molecule has 20 heavy (non-hydrogen) atoms. The number of nitrogen functional groups attached to an aromatic ring is 1. The van der Waals surface area contributed by atoms with Gasteiger partial charge in [-0.1, -0.05) is 37.3 Å². The predicted octanol–water partition coefficient (Wildman–Crippen LogP) is 3.52. The maximum Gasteiger partial charge on any atom is 0.252 e. The van der Waals surface area contributed by atoms with Gasteiger partial charge < -0.3 is 11.1 Å². The van der Waals surface area contributed by atoms with Crippen LogP contribution in [-0.2, 0) is 13.0 Å². The minimum absolute atomic E-state index is 0.130. The molecule has 3 nitrogen and oxygen atoms in total. The second-order valence-electron chi connectivity index (χ2n) is 4.51. The number of aryl methyl sites for hydroxylation is 1. The van der Waals surface area contributed by atoms with Crippen LogP contribution in [0, 0.1) is 0 Å². The van der Waals surface area contributed by atoms with Crippen molar-refractivity contribution in [3.8, 4) is 0 Å². The fraction of sp³-hybridized carbons (Fsp3) is 0.188. The number of anilines is 1. The molecule has 1 amide bonds. The average Bonchev–Trinajstić information content (AvgIpc) is 2.48. The van der Waals surface area contributed by atoms with Crippen LogP contribution in [0.1, 0.15) is 28.4 Å². The van der Waals surface area contributed by atoms with Crippen molar-refractivity contribution >= 4 is 27.5 Å². The Morgan fingerprint density at radius 2 is 1.85 bits per heavy atom. The molecule has 2 aromatic rings. The number of rotatable bonds is 4. The number of carbonyl (C=O) groups excluding carboxylic acids is 1. The van der Waals surface area contributed by atoms with Gasteiger partial charge in [-0.25, -0.2) is 0 Å². The summed E-state index contributed by atoms with van der Waals surface area (Å²) >= 11 is 3.35. The van der Waals surface area contributed by atoms with Crippen molar-refractivity contribution in [3.05, 3.63) is 63.6 Å². The van der Waals surface area contributed by atoms with E-state index in [0.717, 1.165) is 12.0 Å². The van der Waals surface area contributed by atoms with Crippen molar-refractivity contribution in [2.24, 2.45) is 0 Å². The lowest BCUT2D eigenvalue weighted by Crippen LogP contribution is -2.24. The first-order valence-electron chi connectivity index (χ1n) is 6.52. The highest BCUT2D eigenvalue weighted by Gasteiger charge is 2.11. The smallest absolute Gasteiger partial charge is 0.252 e. The summed E-state index contributed by atoms with van der Waals surface area (Å²) in [6, 6.07) is 13.4. The number of carbonyl (C=O) groups is 1. The molecule has 0 unspecified atom stereocenters. The number of amides is 1. The Bertz CT molecular complexity index is 626. The van der Waals surface area contributed by atoms with Crippen molar-refractivity contribution < 1.29 is 4.79 Å². The van der Waals surface area contributed by atoms with Crippen LogP contribution >= 0.6 is 15.9 Å². The third kappa shape index (κ3) is 3.20. The maximum atomic E-state index is 12.2. The van der Waals surface area contributed by atoms with E-state index in [0.29, 0.717) is 22.3 Å². The predicted molar refractivity (Wildman–Crippen MR) is 85.5 cm³/mol. The Balaban J connectivity index is 2.11. The lowest BCUT2D eigenvalue weighted by molar-refractivity contribution is 0.0950. The summed E-state index contributed by atoms with van der Waals surface area (Å²) in [6.07, 6.45) is 0.952. The first-order chi connectivity index (χ1) is 9.63. The molecular weight excluding hydrogens is 316 g/mol. The van der Waals surface area contributed by atoms with Gasteiger partial charge in [0.2, 0.25) is 0 Å². The number of nitrogens with one attached hydrogen (secondary N) is 1. The van der Waals surface area contributed by atoms with Gasteiger partial charge in [-0.15, -0.1) is 0 Å². The molecule has 104 valence electrons. The highest BCUT2D eigenvalue weighted by molar-refractivity contribution is 9.10. The SMILES string of the molecule is CCc1ccccc1CNC(=O)c1cccc(N)c1Br. The molecule has 0 aliphatic carbocycles. The molecule has 0 aliphatic heterocycles. The molecule has 2 rings (SSSR count). The van der Waals surface area contributed by atoms with E-state index in [9.17, 15) is 4.79 Å². The Kier molecular flexibility index (Phi) is 4.79. The van der Waals surface area contributed by atoms with E-state index in [2.05, 4.69) is 34.2 Å². The molecule has 0 aliphatic rings. The molecule has 3 N–H and O–H groups in total. The molecule has 0 fully saturated rings. The molecule has 0 saturated carbocycles. The summed E-state index contributed by atoms with van der Waals surface area (Å²) < 4.78 is 0.640. The summed E-state index contributed by atoms with van der Waals surface area (Å²) in [6.45, 7) is 2.62. The van der Waals surface area contributed by atoms with Crippen molar-refractivity contribution in [1.82, 2.24) is 5.32 Å². The number of nitrogens with two attached hydrogens (primary N) is 1. The minimum Gasteiger partial charge on any atom is -0.398 e. The van der Waals surface area contributed by atoms with Crippen LogP contribution in [0.3, 0.4) is 0 Å². The molecule has 2 aromatic carbocycles. The van der Waals surface area contributed by atoms with Gasteiger partial charge in [-0.3, -0.25) is 4.79 Å². The number of hydrogen-bond donors (Lipinski definition) is 2. The first-order valence-corrected chi connectivity index (χ1v) is 7.31. The zero-order valence-corrected chi connectivity index (χ0v) is 12.9. The normalized spacial score (nSPS) is 10.3. The summed E-state index contributed by atoms with van der Waals surface area (Å²) in [4.78, 5) is 12.2. The van der Waals surface area contributed by atoms with E-state index in [1.807, 2.05) is 18.2 Å². The number of benzene rings is 2. The van der Waals surface area contributed by atoms with Crippen LogP contribution in [0.5, 0.6) is 0 Å². The Morgan fingerprint density at radius 3 is 2.55 bits per heavy atom. The van der Waals surface area contributed by atoms with Gasteiger partial charge in [0.15, 0.2) is 0 Å². The number of halogens is 1. The largest absolute Gasteiger partial charge is 0.398 e. The molecule has 0 atom stereocenters. The topological polar surface area (TPSA) is 55.1 Å². The quantitative estimate of drug-likeness (QED) is 0.841. The molecule has 0 aromatic heterocycles. The van der Waals surface area contributed by atoms with Crippen LogP contribution in [-0.4, -0.2) is 5.91 Å². The molecule has 0 bridgehead atoms. The molecule has 0 saturated heterocycles. The van der Waals surface area contributed by atoms with Gasteiger partial charge in [0.25, 0.3) is 5.91 Å². The monoisotopic (exact) mass is 332 g/mol. The van der Waals surface area contributed by atoms with Crippen LogP contribution in [0.25, 0.3) is 0 Å². The molecule has 4 heteroatoms. The minimum atomic E-state index is -0.130. The fourth-order valence-electron chi connectivity index (χ4n) is 2.07. The van der Waals surface area contributed by atoms with E-state index in [-0.39, 0.29) is 5.91 Å². The van der Waals surface area contributed by atoms with Crippen LogP contribution in [0.4, 0.5) is 5.69 Å². The van der Waals surface area contributed by atoms with Gasteiger partial charge in [0, 0.05) is 12.2 Å². The molecule has 0 heterocycles. The van der Waals surface area contributed by atoms with E-state index >= 15 is 0 Å². The fourth-order valence-corrected chi connectivity index (χ4v) is 2.52. The zero-order chi connectivity index (χ0) is 14.5. The van der Waals surface area contributed by atoms with Gasteiger partial charge in [0.1, 0.15) is 0 Å². The molecular formula is C16H17BrN2O. The van der Waals surface area contributed by atoms with Crippen LogP contribution in [0.2, 0.25) is 0 Å². The van der Waals surface area contributed by atoms with Gasteiger partial charge in [0.05, 0.1) is 10.0 Å². The Morgan fingerprint density at radius 1 is 1.15 bits per heavy atom. The zero-order valence-electron chi connectivity index (χ0n) is 11.3. The summed E-state index contributed by atoms with van der Waals surface area (Å²) in [5.74, 6) is -0.130. The molecule has 0 radical (unpaired) electrons. The highest BCUT2D eigenvalue weighted by atomic mass is 79.9. The molecule has 0 spiro atoms. The van der Waals surface area contributed by atoms with Crippen LogP contribution in [0.15, 0.2) is 46.9 Å². The number of hydrogen-bond acceptors (Lipinski definition) is 2. The van der Waals surface area contributed by atoms with E-state index in [1.54, 1.807) is 18.2 Å². The van der Waals surface area contributed by atoms with Gasteiger partial charge >= 0.3 is 0 Å². The van der Waals surface area contributed by atoms with E-state index in [4.69, 9.17) is 5.73 Å². The summed E-state index contributed by atoms with van der Waals surface area (Å²) in [5, 5.41) is 2.93. The Labute approximate surface area is 127 Å². The third-order valence-corrected chi connectivity index (χ3v) is 4.10. The van der Waals surface area contributed by atoms with Gasteiger partial charge in [-0.2, -0.15) is 0 Å². The maximum absolute atomic E-state index is 12.2. The summed E-state index contributed by atoms with van der Waals surface area (Å²) in [5.41, 5.74) is 9.29. The second kappa shape index (κ2) is 6.57. The van der Waals surface area contributed by atoms with Crippen molar-refractivity contribution in [2.75, 3.05) is 5.73 Å². The van der Waals surface area contributed by atoms with Crippen LogP contribution < -0.4 is 11.1 Å². The van der Waals surface area contributed by atoms with E-state index < -0.39 is 0 Å². The van der Waals surface area contributed by atoms with E-state index in [1.165, 1.54) is 5.56 Å². The van der Waals surface area contributed by atoms with Gasteiger partial charge in [-0.05, 0) is 45.6 Å². The third-order valence-electron chi connectivity index (χ3n) is 3.21. The summed E-state index contributed by atoms with van der Waals surface area (Å²) in [7, 11) is 0. The highest BCUT2D eigenvalue weighted by Crippen LogP contribution is 2.23. The van der Waals surface area contributed by atoms with Crippen molar-refractivity contribution in [1.29, 1.82) is 0 Å². The van der Waals surface area contributed by atoms with Crippen molar-refractivity contribution in [2.45, 2.75) is 19.9 Å². The Hall–Kier alpha value is -1.81. The lowest BCUT2D eigenvalue weighted by atomic mass is 10.1. The van der Waals surface area contributed by atoms with Crippen molar-refractivity contribution in [3.63, 3.8) is 0 Å². The average molecular weight is 333 g/mol. The second-order valence-corrected chi connectivity index (χ2v) is 5.31. The first kappa shape index (κ1) is 14.6. The lowest BCUT2D eigenvalue weighted by Gasteiger charge is -2.11.